The monoisotopic (exact) mass is 274 g/mol. The first-order chi connectivity index (χ1) is 9.49. The van der Waals surface area contributed by atoms with Gasteiger partial charge in [-0.1, -0.05) is 0 Å². The van der Waals surface area contributed by atoms with Crippen LogP contribution in [0.3, 0.4) is 0 Å². The van der Waals surface area contributed by atoms with E-state index in [1.165, 1.54) is 6.07 Å². The molecule has 1 aromatic carbocycles. The van der Waals surface area contributed by atoms with Gasteiger partial charge in [-0.2, -0.15) is 0 Å². The fourth-order valence-electron chi connectivity index (χ4n) is 1.93. The number of phenols is 1. The highest BCUT2D eigenvalue weighted by molar-refractivity contribution is 6.00. The molecule has 0 atom stereocenters. The Bertz CT molecular complexity index is 702. The minimum absolute atomic E-state index is 0.0554. The van der Waals surface area contributed by atoms with Crippen molar-refractivity contribution in [3.05, 3.63) is 39.7 Å². The highest BCUT2D eigenvalue weighted by Crippen LogP contribution is 2.26. The summed E-state index contributed by atoms with van der Waals surface area (Å²) in [6.45, 7) is 3.26. The predicted molar refractivity (Wildman–Crippen MR) is 79.9 cm³/mol. The largest absolute Gasteiger partial charge is 0.507 e. The number of aryl methyl sites for hydroxylation is 1. The molecular weight excluding hydrogens is 256 g/mol. The van der Waals surface area contributed by atoms with Gasteiger partial charge in [-0.05, 0) is 38.7 Å². The Morgan fingerprint density at radius 3 is 2.85 bits per heavy atom. The number of rotatable bonds is 4. The number of benzene rings is 1. The molecule has 20 heavy (non-hydrogen) atoms. The van der Waals surface area contributed by atoms with Gasteiger partial charge in [0, 0.05) is 24.2 Å². The van der Waals surface area contributed by atoms with Crippen molar-refractivity contribution >= 4 is 17.2 Å². The second kappa shape index (κ2) is 5.88. The van der Waals surface area contributed by atoms with Gasteiger partial charge in [0.1, 0.15) is 5.75 Å². The Kier molecular flexibility index (Phi) is 4.20. The molecule has 0 bridgehead atoms. The Morgan fingerprint density at radius 2 is 2.15 bits per heavy atom. The number of aliphatic imine (C=N–C) groups is 1. The van der Waals surface area contributed by atoms with Gasteiger partial charge in [-0.15, -0.1) is 0 Å². The third kappa shape index (κ3) is 3.05. The van der Waals surface area contributed by atoms with Crippen LogP contribution < -0.4 is 5.63 Å². The van der Waals surface area contributed by atoms with E-state index in [1.54, 1.807) is 18.3 Å². The molecule has 2 aromatic rings. The number of aromatic hydroxyl groups is 1. The second-order valence-electron chi connectivity index (χ2n) is 4.96. The molecule has 0 saturated heterocycles. The van der Waals surface area contributed by atoms with Crippen molar-refractivity contribution in [2.45, 2.75) is 6.92 Å². The van der Waals surface area contributed by atoms with Crippen LogP contribution in [0.25, 0.3) is 11.0 Å². The van der Waals surface area contributed by atoms with E-state index in [1.807, 2.05) is 25.9 Å². The van der Waals surface area contributed by atoms with Crippen molar-refractivity contribution < 1.29 is 9.52 Å². The van der Waals surface area contributed by atoms with E-state index in [-0.39, 0.29) is 5.75 Å². The first kappa shape index (κ1) is 14.3. The molecule has 1 aromatic heterocycles. The summed E-state index contributed by atoms with van der Waals surface area (Å²) in [4.78, 5) is 17.8. The highest BCUT2D eigenvalue weighted by atomic mass is 16.4. The normalized spacial score (nSPS) is 11.8. The van der Waals surface area contributed by atoms with Gasteiger partial charge in [0.15, 0.2) is 5.58 Å². The molecule has 1 heterocycles. The fraction of sp³-hybridized carbons (Fsp3) is 0.333. The van der Waals surface area contributed by atoms with Crippen LogP contribution in [0.15, 0.2) is 32.4 Å². The van der Waals surface area contributed by atoms with E-state index in [4.69, 9.17) is 4.42 Å². The van der Waals surface area contributed by atoms with Gasteiger partial charge in [-0.25, -0.2) is 4.79 Å². The van der Waals surface area contributed by atoms with E-state index >= 15 is 0 Å². The fourth-order valence-corrected chi connectivity index (χ4v) is 1.93. The van der Waals surface area contributed by atoms with Gasteiger partial charge in [-0.3, -0.25) is 4.99 Å². The summed E-state index contributed by atoms with van der Waals surface area (Å²) < 4.78 is 5.22. The van der Waals surface area contributed by atoms with Crippen molar-refractivity contribution in [2.75, 3.05) is 27.2 Å². The zero-order valence-electron chi connectivity index (χ0n) is 11.9. The van der Waals surface area contributed by atoms with Crippen molar-refractivity contribution in [1.82, 2.24) is 4.90 Å². The van der Waals surface area contributed by atoms with Crippen molar-refractivity contribution in [2.24, 2.45) is 4.99 Å². The van der Waals surface area contributed by atoms with Crippen LogP contribution in [0.4, 0.5) is 0 Å². The topological polar surface area (TPSA) is 66.0 Å². The Morgan fingerprint density at radius 1 is 1.40 bits per heavy atom. The molecule has 0 amide bonds. The van der Waals surface area contributed by atoms with Gasteiger partial charge >= 0.3 is 5.63 Å². The average Bonchev–Trinajstić information content (AvgIpc) is 2.36. The number of hydrogen-bond acceptors (Lipinski definition) is 5. The van der Waals surface area contributed by atoms with E-state index in [9.17, 15) is 9.90 Å². The molecular formula is C15H18N2O3. The lowest BCUT2D eigenvalue weighted by Gasteiger charge is -2.07. The number of likely N-dealkylation sites (N-methyl/N-ethyl adjacent to an activating group) is 1. The molecule has 5 nitrogen and oxygen atoms in total. The minimum atomic E-state index is -0.427. The van der Waals surface area contributed by atoms with E-state index < -0.39 is 5.63 Å². The number of hydrogen-bond donors (Lipinski definition) is 1. The van der Waals surface area contributed by atoms with Crippen LogP contribution in [0.1, 0.15) is 11.1 Å². The van der Waals surface area contributed by atoms with E-state index in [0.717, 1.165) is 17.5 Å². The van der Waals surface area contributed by atoms with Crippen molar-refractivity contribution in [3.63, 3.8) is 0 Å². The van der Waals surface area contributed by atoms with Crippen molar-refractivity contribution in [3.8, 4) is 5.75 Å². The number of phenolic OH excluding ortho intramolecular Hbond substituents is 1. The average molecular weight is 274 g/mol. The maximum Gasteiger partial charge on any atom is 0.336 e. The summed E-state index contributed by atoms with van der Waals surface area (Å²) in [6, 6.07) is 4.76. The molecule has 5 heteroatoms. The summed E-state index contributed by atoms with van der Waals surface area (Å²) in [5, 5.41) is 10.7. The zero-order chi connectivity index (χ0) is 14.7. The Balaban J connectivity index is 2.46. The molecule has 0 spiro atoms. The van der Waals surface area contributed by atoms with Gasteiger partial charge in [0.2, 0.25) is 0 Å². The first-order valence-electron chi connectivity index (χ1n) is 6.40. The lowest BCUT2D eigenvalue weighted by molar-refractivity contribution is 0.421. The molecule has 1 N–H and O–H groups in total. The van der Waals surface area contributed by atoms with E-state index in [2.05, 4.69) is 4.99 Å². The molecule has 106 valence electrons. The predicted octanol–water partition coefficient (Wildman–Crippen LogP) is 1.79. The van der Waals surface area contributed by atoms with Crippen LogP contribution in [0.5, 0.6) is 5.75 Å². The Labute approximate surface area is 117 Å². The quantitative estimate of drug-likeness (QED) is 0.682. The molecule has 0 fully saturated rings. The molecule has 0 radical (unpaired) electrons. The van der Waals surface area contributed by atoms with E-state index in [0.29, 0.717) is 17.7 Å². The van der Waals surface area contributed by atoms with Crippen LogP contribution in [0.2, 0.25) is 0 Å². The minimum Gasteiger partial charge on any atom is -0.507 e. The zero-order valence-corrected chi connectivity index (χ0v) is 11.9. The summed E-state index contributed by atoms with van der Waals surface area (Å²) in [5.41, 5.74) is 1.22. The van der Waals surface area contributed by atoms with Crippen LogP contribution in [0, 0.1) is 6.92 Å². The molecule has 0 aliphatic carbocycles. The highest BCUT2D eigenvalue weighted by Gasteiger charge is 2.10. The maximum absolute atomic E-state index is 11.5. The molecule has 0 aliphatic heterocycles. The van der Waals surface area contributed by atoms with Gasteiger partial charge in [0.05, 0.1) is 12.1 Å². The smallest absolute Gasteiger partial charge is 0.336 e. The Hall–Kier alpha value is -2.14. The third-order valence-corrected chi connectivity index (χ3v) is 3.03. The molecule has 0 aliphatic rings. The number of nitrogens with zero attached hydrogens (tertiary/aromatic N) is 2. The molecule has 0 unspecified atom stereocenters. The lowest BCUT2D eigenvalue weighted by atomic mass is 10.1. The summed E-state index contributed by atoms with van der Waals surface area (Å²) >= 11 is 0. The maximum atomic E-state index is 11.5. The summed E-state index contributed by atoms with van der Waals surface area (Å²) in [7, 11) is 3.93. The first-order valence-corrected chi connectivity index (χ1v) is 6.40. The van der Waals surface area contributed by atoms with Gasteiger partial charge in [0.25, 0.3) is 0 Å². The number of fused-ring (bicyclic) bond motifs is 1. The summed E-state index contributed by atoms with van der Waals surface area (Å²) in [5.74, 6) is 0.0554. The van der Waals surface area contributed by atoms with Crippen LogP contribution >= 0.6 is 0 Å². The standard InChI is InChI=1S/C15H18N2O3/c1-10-8-14(19)20-15-11(10)4-5-13(18)12(15)9-16-6-7-17(2)3/h4-5,8-9,18H,6-7H2,1-3H3. The summed E-state index contributed by atoms with van der Waals surface area (Å²) in [6.07, 6.45) is 1.56. The lowest BCUT2D eigenvalue weighted by Crippen LogP contribution is -2.15. The second-order valence-corrected chi connectivity index (χ2v) is 4.96. The molecule has 0 saturated carbocycles. The van der Waals surface area contributed by atoms with Crippen LogP contribution in [-0.2, 0) is 0 Å². The van der Waals surface area contributed by atoms with Crippen LogP contribution in [-0.4, -0.2) is 43.4 Å². The van der Waals surface area contributed by atoms with Gasteiger partial charge < -0.3 is 14.4 Å². The third-order valence-electron chi connectivity index (χ3n) is 3.03. The SMILES string of the molecule is Cc1cc(=O)oc2c(C=NCCN(C)C)c(O)ccc12. The van der Waals surface area contributed by atoms with Crippen molar-refractivity contribution in [1.29, 1.82) is 0 Å². The molecule has 2 rings (SSSR count).